The largest absolute Gasteiger partial charge is 0.447 e. The minimum absolute atomic E-state index is 0.0708. The van der Waals surface area contributed by atoms with Crippen LogP contribution >= 0.6 is 0 Å². The van der Waals surface area contributed by atoms with Crippen LogP contribution in [0.3, 0.4) is 0 Å². The molecule has 2 fully saturated rings. The number of carbonyl (C=O) groups is 1. The molecule has 0 heterocycles. The molecule has 0 radical (unpaired) electrons. The van der Waals surface area contributed by atoms with Crippen molar-refractivity contribution < 1.29 is 49.0 Å². The Morgan fingerprint density at radius 2 is 1.24 bits per heavy atom. The molecule has 146 valence electrons. The van der Waals surface area contributed by atoms with Crippen molar-refractivity contribution in [1.29, 1.82) is 0 Å². The molecule has 0 amide bonds. The second-order valence-electron chi connectivity index (χ2n) is 6.82. The molecule has 2 aliphatic rings. The molecule has 0 spiro atoms. The first-order valence-corrected chi connectivity index (χ1v) is 7.47. The van der Waals surface area contributed by atoms with Gasteiger partial charge in [-0.3, -0.25) is 4.79 Å². The first-order chi connectivity index (χ1) is 11.0. The molecule has 5 atom stereocenters. The normalized spacial score (nSPS) is 33.6. The zero-order chi connectivity index (χ0) is 19.6. The second-order valence-corrected chi connectivity index (χ2v) is 6.82. The van der Waals surface area contributed by atoms with Crippen LogP contribution in [-0.4, -0.2) is 30.1 Å². The van der Waals surface area contributed by atoms with Crippen LogP contribution in [0.2, 0.25) is 0 Å². The predicted molar refractivity (Wildman–Crippen MR) is 65.0 cm³/mol. The molecule has 25 heavy (non-hydrogen) atoms. The highest BCUT2D eigenvalue weighted by molar-refractivity contribution is 5.74. The molecule has 2 rings (SSSR count). The average Bonchev–Trinajstić information content (AvgIpc) is 2.92. The van der Waals surface area contributed by atoms with Gasteiger partial charge in [0.2, 0.25) is 0 Å². The first kappa shape index (κ1) is 20.2. The summed E-state index contributed by atoms with van der Waals surface area (Å²) >= 11 is 0. The Hall–Kier alpha value is -1.16. The van der Waals surface area contributed by atoms with Gasteiger partial charge in [0.1, 0.15) is 0 Å². The van der Waals surface area contributed by atoms with Crippen molar-refractivity contribution in [2.24, 2.45) is 29.6 Å². The maximum absolute atomic E-state index is 12.8. The lowest BCUT2D eigenvalue weighted by Crippen LogP contribution is -2.68. The van der Waals surface area contributed by atoms with Crippen molar-refractivity contribution in [2.45, 2.75) is 50.8 Å². The summed E-state index contributed by atoms with van der Waals surface area (Å²) in [6.45, 7) is 3.49. The molecular weight excluding hydrogens is 371 g/mol. The monoisotopic (exact) mass is 386 g/mol. The van der Waals surface area contributed by atoms with Crippen molar-refractivity contribution in [3.05, 3.63) is 0 Å². The zero-order valence-electron chi connectivity index (χ0n) is 13.0. The SMILES string of the molecule is CC1C2CC(C(=O)OC(C(F)(F)F)(C(F)(F)F)C(F)(F)F)C(C2)C1C. The van der Waals surface area contributed by atoms with Crippen molar-refractivity contribution in [2.75, 3.05) is 0 Å². The van der Waals surface area contributed by atoms with Gasteiger partial charge in [-0.25, -0.2) is 0 Å². The van der Waals surface area contributed by atoms with E-state index in [0.29, 0.717) is 6.42 Å². The molecule has 2 saturated carbocycles. The van der Waals surface area contributed by atoms with E-state index in [9.17, 15) is 44.3 Å². The van der Waals surface area contributed by atoms with Crippen molar-refractivity contribution >= 4 is 5.97 Å². The van der Waals surface area contributed by atoms with Crippen LogP contribution in [0, 0.1) is 29.6 Å². The van der Waals surface area contributed by atoms with Crippen molar-refractivity contribution in [3.63, 3.8) is 0 Å². The van der Waals surface area contributed by atoms with Gasteiger partial charge in [-0.1, -0.05) is 13.8 Å². The molecule has 0 N–H and O–H groups in total. The molecule has 2 aliphatic carbocycles. The standard InChI is InChI=1S/C14H15F9O2/c1-5-6(2)8-3-7(5)4-9(8)10(24)25-11(12(15,16)17,13(18,19)20)14(21,22)23/h5-9H,3-4H2,1-2H3. The smallest absolute Gasteiger partial charge is 0.432 e. The fourth-order valence-corrected chi connectivity index (χ4v) is 4.09. The van der Waals surface area contributed by atoms with Gasteiger partial charge in [-0.2, -0.15) is 39.5 Å². The minimum Gasteiger partial charge on any atom is -0.432 e. The lowest BCUT2D eigenvalue weighted by Gasteiger charge is -2.39. The summed E-state index contributed by atoms with van der Waals surface area (Å²) in [5.74, 6) is -4.32. The van der Waals surface area contributed by atoms with E-state index in [2.05, 4.69) is 4.74 Å². The van der Waals surface area contributed by atoms with E-state index in [4.69, 9.17) is 0 Å². The highest BCUT2D eigenvalue weighted by atomic mass is 19.4. The van der Waals surface area contributed by atoms with E-state index < -0.39 is 41.9 Å². The van der Waals surface area contributed by atoms with E-state index in [1.807, 2.05) is 6.92 Å². The Bertz CT molecular complexity index is 496. The summed E-state index contributed by atoms with van der Waals surface area (Å²) in [7, 11) is 0. The van der Waals surface area contributed by atoms with Gasteiger partial charge < -0.3 is 4.74 Å². The zero-order valence-corrected chi connectivity index (χ0v) is 13.0. The number of rotatable bonds is 2. The van der Waals surface area contributed by atoms with Crippen LogP contribution in [0.1, 0.15) is 26.7 Å². The molecule has 0 aliphatic heterocycles. The van der Waals surface area contributed by atoms with Gasteiger partial charge in [0.15, 0.2) is 0 Å². The number of fused-ring (bicyclic) bond motifs is 2. The summed E-state index contributed by atoms with van der Waals surface area (Å²) in [6, 6.07) is 0. The summed E-state index contributed by atoms with van der Waals surface area (Å²) in [5.41, 5.74) is -6.53. The summed E-state index contributed by atoms with van der Waals surface area (Å²) in [6.07, 6.45) is -20.4. The number of ether oxygens (including phenoxy) is 1. The molecule has 11 heteroatoms. The van der Waals surface area contributed by atoms with Crippen LogP contribution in [-0.2, 0) is 9.53 Å². The van der Waals surface area contributed by atoms with E-state index >= 15 is 0 Å². The summed E-state index contributed by atoms with van der Waals surface area (Å²) < 4.78 is 119. The Morgan fingerprint density at radius 3 is 1.56 bits per heavy atom. The molecule has 0 saturated heterocycles. The van der Waals surface area contributed by atoms with Crippen molar-refractivity contribution in [3.8, 4) is 0 Å². The number of carbonyl (C=O) groups excluding carboxylic acids is 1. The molecule has 2 nitrogen and oxygen atoms in total. The van der Waals surface area contributed by atoms with Crippen LogP contribution in [0.5, 0.6) is 0 Å². The third-order valence-corrected chi connectivity index (χ3v) is 5.65. The summed E-state index contributed by atoms with van der Waals surface area (Å²) in [4.78, 5) is 11.9. The lowest BCUT2D eigenvalue weighted by molar-refractivity contribution is -0.447. The van der Waals surface area contributed by atoms with Crippen LogP contribution in [0.25, 0.3) is 0 Å². The number of alkyl halides is 9. The van der Waals surface area contributed by atoms with Crippen molar-refractivity contribution in [1.82, 2.24) is 0 Å². The second kappa shape index (κ2) is 5.67. The van der Waals surface area contributed by atoms with Gasteiger partial charge in [0, 0.05) is 0 Å². The Morgan fingerprint density at radius 1 is 0.800 bits per heavy atom. The quantitative estimate of drug-likeness (QED) is 0.499. The number of hydrogen-bond donors (Lipinski definition) is 0. The molecule has 5 unspecified atom stereocenters. The number of esters is 1. The average molecular weight is 386 g/mol. The van der Waals surface area contributed by atoms with E-state index in [0.717, 1.165) is 0 Å². The topological polar surface area (TPSA) is 26.3 Å². The van der Waals surface area contributed by atoms with Gasteiger partial charge in [0.05, 0.1) is 5.92 Å². The third-order valence-electron chi connectivity index (χ3n) is 5.65. The maximum Gasteiger partial charge on any atom is 0.447 e. The molecule has 2 bridgehead atoms. The molecular formula is C14H15F9O2. The van der Waals surface area contributed by atoms with E-state index in [-0.39, 0.29) is 24.2 Å². The van der Waals surface area contributed by atoms with E-state index in [1.165, 1.54) is 0 Å². The van der Waals surface area contributed by atoms with Gasteiger partial charge in [-0.15, -0.1) is 0 Å². The Balaban J connectivity index is 2.37. The predicted octanol–water partition coefficient (Wildman–Crippen LogP) is 4.88. The number of hydrogen-bond acceptors (Lipinski definition) is 2. The fourth-order valence-electron chi connectivity index (χ4n) is 4.09. The Labute approximate surface area is 136 Å². The minimum atomic E-state index is -6.89. The fraction of sp³-hybridized carbons (Fsp3) is 0.929. The Kier molecular flexibility index (Phi) is 4.57. The van der Waals surface area contributed by atoms with Gasteiger partial charge in [-0.05, 0) is 36.5 Å². The highest BCUT2D eigenvalue weighted by Gasteiger charge is 2.87. The summed E-state index contributed by atoms with van der Waals surface area (Å²) in [5, 5.41) is 0. The van der Waals surface area contributed by atoms with Crippen LogP contribution in [0.4, 0.5) is 39.5 Å². The number of halogens is 9. The lowest BCUT2D eigenvalue weighted by atomic mass is 9.75. The first-order valence-electron chi connectivity index (χ1n) is 7.47. The maximum atomic E-state index is 12.8. The van der Waals surface area contributed by atoms with Gasteiger partial charge >= 0.3 is 30.1 Å². The van der Waals surface area contributed by atoms with Gasteiger partial charge in [0.25, 0.3) is 0 Å². The van der Waals surface area contributed by atoms with Crippen LogP contribution in [0.15, 0.2) is 0 Å². The molecule has 0 aromatic carbocycles. The molecule has 0 aromatic heterocycles. The highest BCUT2D eigenvalue weighted by Crippen LogP contribution is 2.58. The third kappa shape index (κ3) is 2.87. The van der Waals surface area contributed by atoms with E-state index in [1.54, 1.807) is 6.92 Å². The molecule has 0 aromatic rings. The van der Waals surface area contributed by atoms with Crippen LogP contribution < -0.4 is 0 Å².